The van der Waals surface area contributed by atoms with Gasteiger partial charge in [0.15, 0.2) is 0 Å². The summed E-state index contributed by atoms with van der Waals surface area (Å²) in [5.41, 5.74) is 13.7. The van der Waals surface area contributed by atoms with E-state index in [2.05, 4.69) is 203 Å². The minimum absolute atomic E-state index is 0.639. The van der Waals surface area contributed by atoms with E-state index in [9.17, 15) is 0 Å². The molecule has 0 radical (unpaired) electrons. The van der Waals surface area contributed by atoms with Crippen LogP contribution in [-0.4, -0.2) is 9.13 Å². The lowest BCUT2D eigenvalue weighted by molar-refractivity contribution is 0.435. The third-order valence-corrected chi connectivity index (χ3v) is 12.5. The molecule has 3 nitrogen and oxygen atoms in total. The number of para-hydroxylation sites is 5. The fraction of sp³-hybridized carbons (Fsp3) is 0.0189. The van der Waals surface area contributed by atoms with E-state index in [1.807, 2.05) is 0 Å². The van der Waals surface area contributed by atoms with Gasteiger partial charge in [0.2, 0.25) is 0 Å². The number of aromatic nitrogens is 2. The van der Waals surface area contributed by atoms with E-state index in [0.717, 1.165) is 33.8 Å². The van der Waals surface area contributed by atoms with E-state index in [-0.39, 0.29) is 0 Å². The summed E-state index contributed by atoms with van der Waals surface area (Å²) in [5, 5.41) is 7.40. The molecule has 0 N–H and O–H groups in total. The van der Waals surface area contributed by atoms with Crippen molar-refractivity contribution in [2.75, 3.05) is 0 Å². The van der Waals surface area contributed by atoms with Gasteiger partial charge in [0.25, 0.3) is 0 Å². The Balaban J connectivity index is 1.12. The first-order valence-corrected chi connectivity index (χ1v) is 19.3. The molecule has 0 fully saturated rings. The van der Waals surface area contributed by atoms with Gasteiger partial charge in [0.1, 0.15) is 11.5 Å². The predicted molar refractivity (Wildman–Crippen MR) is 230 cm³/mol. The first kappa shape index (κ1) is 30.0. The summed E-state index contributed by atoms with van der Waals surface area (Å²) in [7, 11) is 0. The van der Waals surface area contributed by atoms with Crippen molar-refractivity contribution >= 4 is 54.4 Å². The molecule has 0 saturated heterocycles. The zero-order valence-corrected chi connectivity index (χ0v) is 30.3. The normalized spacial score (nSPS) is 15.4. The van der Waals surface area contributed by atoms with Crippen LogP contribution >= 0.6 is 0 Å². The van der Waals surface area contributed by atoms with Crippen LogP contribution < -0.4 is 4.74 Å². The maximum atomic E-state index is 7.01. The van der Waals surface area contributed by atoms with Gasteiger partial charge in [-0.05, 0) is 87.6 Å². The van der Waals surface area contributed by atoms with E-state index in [0.29, 0.717) is 0 Å². The molecule has 3 heteroatoms. The lowest BCUT2D eigenvalue weighted by Gasteiger charge is -2.45. The third-order valence-electron chi connectivity index (χ3n) is 12.5. The molecule has 260 valence electrons. The summed E-state index contributed by atoms with van der Waals surface area (Å²) in [6, 6.07) is 71.2. The Labute approximate surface area is 322 Å². The minimum Gasteiger partial charge on any atom is -0.457 e. The summed E-state index contributed by atoms with van der Waals surface area (Å²) in [4.78, 5) is 0. The molecule has 1 unspecified atom stereocenters. The van der Waals surface area contributed by atoms with Crippen LogP contribution in [0.4, 0.5) is 0 Å². The lowest BCUT2D eigenvalue weighted by Crippen LogP contribution is -2.37. The van der Waals surface area contributed by atoms with Crippen molar-refractivity contribution in [1.29, 1.82) is 0 Å². The maximum absolute atomic E-state index is 7.01. The zero-order chi connectivity index (χ0) is 36.5. The molecule has 0 saturated carbocycles. The predicted octanol–water partition coefficient (Wildman–Crippen LogP) is 13.5. The van der Waals surface area contributed by atoms with E-state index in [4.69, 9.17) is 4.74 Å². The quantitative estimate of drug-likeness (QED) is 0.175. The van der Waals surface area contributed by atoms with Crippen LogP contribution in [0.15, 0.2) is 194 Å². The molecule has 13 rings (SSSR count). The molecule has 2 aromatic heterocycles. The second kappa shape index (κ2) is 10.9. The molecular formula is C53H32N2O. The Bertz CT molecular complexity index is 3460. The highest BCUT2D eigenvalue weighted by molar-refractivity contribution is 6.13. The molecule has 2 aliphatic rings. The largest absolute Gasteiger partial charge is 0.457 e. The van der Waals surface area contributed by atoms with Crippen molar-refractivity contribution < 1.29 is 4.74 Å². The van der Waals surface area contributed by atoms with Crippen molar-refractivity contribution in [3.63, 3.8) is 0 Å². The number of ether oxygens (including phenoxy) is 1. The van der Waals surface area contributed by atoms with Crippen LogP contribution in [0.5, 0.6) is 11.5 Å². The Morgan fingerprint density at radius 3 is 1.86 bits per heavy atom. The molecule has 0 aliphatic carbocycles. The third kappa shape index (κ3) is 3.76. The first-order chi connectivity index (χ1) is 27.8. The molecule has 0 amide bonds. The first-order valence-electron chi connectivity index (χ1n) is 19.3. The van der Waals surface area contributed by atoms with Crippen molar-refractivity contribution in [1.82, 2.24) is 9.13 Å². The summed E-state index contributed by atoms with van der Waals surface area (Å²) in [6.07, 6.45) is 0. The summed E-state index contributed by atoms with van der Waals surface area (Å²) in [5.74, 6) is 1.78. The van der Waals surface area contributed by atoms with Crippen molar-refractivity contribution in [2.24, 2.45) is 0 Å². The highest BCUT2D eigenvalue weighted by atomic mass is 16.5. The van der Waals surface area contributed by atoms with Gasteiger partial charge in [0, 0.05) is 38.4 Å². The van der Waals surface area contributed by atoms with E-state index >= 15 is 0 Å². The van der Waals surface area contributed by atoms with Gasteiger partial charge >= 0.3 is 0 Å². The number of nitrogens with zero attached hydrogens (tertiary/aromatic N) is 2. The Morgan fingerprint density at radius 2 is 1.00 bits per heavy atom. The van der Waals surface area contributed by atoms with E-state index in [1.165, 1.54) is 76.8 Å². The van der Waals surface area contributed by atoms with Gasteiger partial charge in [0.05, 0.1) is 33.2 Å². The van der Waals surface area contributed by atoms with Gasteiger partial charge in [-0.3, -0.25) is 0 Å². The molecule has 2 aliphatic heterocycles. The second-order valence-electron chi connectivity index (χ2n) is 15.2. The number of benzene rings is 9. The molecule has 1 spiro atoms. The van der Waals surface area contributed by atoms with Crippen LogP contribution in [0.25, 0.3) is 76.9 Å². The van der Waals surface area contributed by atoms with Crippen LogP contribution in [-0.2, 0) is 5.41 Å². The molecule has 0 bridgehead atoms. The van der Waals surface area contributed by atoms with Crippen molar-refractivity contribution in [3.05, 3.63) is 216 Å². The second-order valence-corrected chi connectivity index (χ2v) is 15.2. The Morgan fingerprint density at radius 1 is 0.357 bits per heavy atom. The number of fused-ring (bicyclic) bond motifs is 15. The number of rotatable bonds is 2. The number of hydrogen-bond donors (Lipinski definition) is 0. The molecule has 4 heterocycles. The van der Waals surface area contributed by atoms with Crippen LogP contribution in [0.1, 0.15) is 22.3 Å². The molecule has 11 aromatic rings. The highest BCUT2D eigenvalue weighted by Crippen LogP contribution is 2.61. The Kier molecular flexibility index (Phi) is 5.83. The zero-order valence-electron chi connectivity index (χ0n) is 30.3. The van der Waals surface area contributed by atoms with Gasteiger partial charge in [-0.25, -0.2) is 0 Å². The molecule has 1 atom stereocenters. The molecule has 56 heavy (non-hydrogen) atoms. The van der Waals surface area contributed by atoms with E-state index < -0.39 is 5.41 Å². The standard InChI is InChI=1S/C53H32N2O/c1-2-13-35-30-36(25-24-33(35)12-1)34-26-28-37(29-27-34)54-46-20-7-4-15-39(46)41-31-51-45(32-49(41)54)53(43-18-6-10-23-50(43)56-51)42-17-5-9-22-48(42)55-47-21-8-3-14-38(47)40-16-11-19-44(53)52(40)55/h1-32H. The van der Waals surface area contributed by atoms with E-state index in [1.54, 1.807) is 0 Å². The van der Waals surface area contributed by atoms with Crippen molar-refractivity contribution in [3.8, 4) is 34.0 Å². The number of hydrogen-bond acceptors (Lipinski definition) is 1. The summed E-state index contributed by atoms with van der Waals surface area (Å²) >= 11 is 0. The monoisotopic (exact) mass is 712 g/mol. The Hall–Kier alpha value is -7.36. The van der Waals surface area contributed by atoms with Gasteiger partial charge in [-0.15, -0.1) is 0 Å². The molecule has 9 aromatic carbocycles. The van der Waals surface area contributed by atoms with Gasteiger partial charge < -0.3 is 13.9 Å². The minimum atomic E-state index is -0.639. The van der Waals surface area contributed by atoms with Gasteiger partial charge in [-0.2, -0.15) is 0 Å². The van der Waals surface area contributed by atoms with Crippen molar-refractivity contribution in [2.45, 2.75) is 5.41 Å². The van der Waals surface area contributed by atoms with Crippen LogP contribution in [0, 0.1) is 0 Å². The SMILES string of the molecule is c1ccc2c(c1)Oc1cc3c4ccccc4n(-c4ccc(-c5ccc6ccccc6c5)cc4)c3cc1C21c2ccccc2-n2c3ccccc3c3cccc1c32. The average Bonchev–Trinajstić information content (AvgIpc) is 3.77. The highest BCUT2D eigenvalue weighted by Gasteiger charge is 2.50. The lowest BCUT2D eigenvalue weighted by atomic mass is 9.61. The average molecular weight is 713 g/mol. The molecular weight excluding hydrogens is 681 g/mol. The smallest absolute Gasteiger partial charge is 0.133 e. The summed E-state index contributed by atoms with van der Waals surface area (Å²) < 4.78 is 11.9. The fourth-order valence-electron chi connectivity index (χ4n) is 10.2. The van der Waals surface area contributed by atoms with Crippen LogP contribution in [0.2, 0.25) is 0 Å². The van der Waals surface area contributed by atoms with Crippen LogP contribution in [0.3, 0.4) is 0 Å². The summed E-state index contributed by atoms with van der Waals surface area (Å²) in [6.45, 7) is 0. The maximum Gasteiger partial charge on any atom is 0.133 e. The van der Waals surface area contributed by atoms with Gasteiger partial charge in [-0.1, -0.05) is 140 Å². The fourth-order valence-corrected chi connectivity index (χ4v) is 10.2. The topological polar surface area (TPSA) is 19.1 Å².